The van der Waals surface area contributed by atoms with Gasteiger partial charge in [0.25, 0.3) is 0 Å². The summed E-state index contributed by atoms with van der Waals surface area (Å²) >= 11 is 0. The van der Waals surface area contributed by atoms with Gasteiger partial charge in [0.2, 0.25) is 0 Å². The van der Waals surface area contributed by atoms with E-state index in [9.17, 15) is 9.90 Å². The fourth-order valence-corrected chi connectivity index (χ4v) is 4.96. The van der Waals surface area contributed by atoms with Crippen LogP contribution in [0.1, 0.15) is 52.0 Å². The van der Waals surface area contributed by atoms with Crippen LogP contribution in [0.4, 0.5) is 0 Å². The second kappa shape index (κ2) is 4.50. The summed E-state index contributed by atoms with van der Waals surface area (Å²) in [5.41, 5.74) is 4.09. The van der Waals surface area contributed by atoms with Crippen LogP contribution in [0.3, 0.4) is 0 Å². The third kappa shape index (κ3) is 1.73. The van der Waals surface area contributed by atoms with E-state index in [1.54, 1.807) is 18.2 Å². The first-order valence-corrected chi connectivity index (χ1v) is 8.32. The van der Waals surface area contributed by atoms with Gasteiger partial charge in [-0.15, -0.1) is 0 Å². The zero-order valence-corrected chi connectivity index (χ0v) is 13.9. The Bertz CT molecular complexity index is 782. The molecule has 2 aliphatic carbocycles. The van der Waals surface area contributed by atoms with Gasteiger partial charge in [-0.1, -0.05) is 11.1 Å². The maximum atomic E-state index is 12.2. The number of phenols is 1. The fraction of sp³-hybridized carbons (Fsp3) is 0.450. The lowest BCUT2D eigenvalue weighted by Gasteiger charge is -2.52. The quantitative estimate of drug-likeness (QED) is 0.722. The molecule has 120 valence electrons. The second-order valence-corrected chi connectivity index (χ2v) is 7.42. The molecule has 2 atom stereocenters. The van der Waals surface area contributed by atoms with E-state index in [4.69, 9.17) is 4.74 Å². The minimum atomic E-state index is -0.323. The molecule has 0 saturated heterocycles. The number of ketones is 1. The molecule has 1 N–H and O–H groups in total. The Hall–Kier alpha value is -2.03. The van der Waals surface area contributed by atoms with E-state index in [1.165, 1.54) is 11.1 Å². The predicted octanol–water partition coefficient (Wildman–Crippen LogP) is 4.41. The minimum Gasteiger partial charge on any atom is -0.508 e. The van der Waals surface area contributed by atoms with Crippen LogP contribution in [0.25, 0.3) is 5.57 Å². The fourth-order valence-electron chi connectivity index (χ4n) is 4.96. The zero-order valence-electron chi connectivity index (χ0n) is 13.9. The molecule has 1 saturated carbocycles. The molecule has 4 rings (SSSR count). The lowest BCUT2D eigenvalue weighted by molar-refractivity contribution is -0.116. The average Bonchev–Trinajstić information content (AvgIpc) is 2.78. The van der Waals surface area contributed by atoms with Crippen LogP contribution < -0.4 is 4.74 Å². The molecule has 23 heavy (non-hydrogen) atoms. The summed E-state index contributed by atoms with van der Waals surface area (Å²) in [5.74, 6) is 1.16. The topological polar surface area (TPSA) is 46.5 Å². The first-order chi connectivity index (χ1) is 10.9. The Balaban J connectivity index is 2.07. The van der Waals surface area contributed by atoms with Crippen molar-refractivity contribution in [2.45, 2.75) is 52.1 Å². The van der Waals surface area contributed by atoms with Gasteiger partial charge in [0.05, 0.1) is 5.41 Å². The van der Waals surface area contributed by atoms with Crippen molar-refractivity contribution in [1.82, 2.24) is 0 Å². The van der Waals surface area contributed by atoms with Gasteiger partial charge in [-0.05, 0) is 69.9 Å². The van der Waals surface area contributed by atoms with Crippen molar-refractivity contribution in [2.75, 3.05) is 0 Å². The molecule has 0 radical (unpaired) electrons. The van der Waals surface area contributed by atoms with Gasteiger partial charge in [0, 0.05) is 12.0 Å². The molecule has 1 aliphatic heterocycles. The maximum absolute atomic E-state index is 12.2. The summed E-state index contributed by atoms with van der Waals surface area (Å²) in [4.78, 5) is 12.2. The number of carbonyl (C=O) groups is 1. The highest BCUT2D eigenvalue weighted by Gasteiger charge is 2.62. The molecular weight excluding hydrogens is 288 g/mol. The third-order valence-corrected chi connectivity index (χ3v) is 5.97. The van der Waals surface area contributed by atoms with E-state index in [0.717, 1.165) is 36.1 Å². The van der Waals surface area contributed by atoms with Gasteiger partial charge in [0.15, 0.2) is 5.78 Å². The number of allylic oxidation sites excluding steroid dienone is 2. The van der Waals surface area contributed by atoms with Gasteiger partial charge >= 0.3 is 0 Å². The van der Waals surface area contributed by atoms with E-state index < -0.39 is 0 Å². The van der Waals surface area contributed by atoms with Gasteiger partial charge in [-0.3, -0.25) is 4.79 Å². The molecule has 2 unspecified atom stereocenters. The summed E-state index contributed by atoms with van der Waals surface area (Å²) < 4.78 is 6.48. The predicted molar refractivity (Wildman–Crippen MR) is 89.4 cm³/mol. The van der Waals surface area contributed by atoms with Crippen molar-refractivity contribution >= 4 is 11.4 Å². The van der Waals surface area contributed by atoms with Crippen LogP contribution in [-0.2, 0) is 4.79 Å². The van der Waals surface area contributed by atoms with E-state index in [1.807, 2.05) is 6.07 Å². The number of hydrogen-bond acceptors (Lipinski definition) is 3. The van der Waals surface area contributed by atoms with Crippen molar-refractivity contribution in [3.8, 4) is 11.5 Å². The van der Waals surface area contributed by atoms with E-state index in [-0.39, 0.29) is 22.5 Å². The molecule has 3 aliphatic rings. The highest BCUT2D eigenvalue weighted by atomic mass is 16.5. The zero-order chi connectivity index (χ0) is 16.4. The number of phenolic OH excluding ortho intramolecular Hbond substituents is 1. The molecule has 1 spiro atoms. The van der Waals surface area contributed by atoms with Crippen LogP contribution in [-0.4, -0.2) is 16.5 Å². The Morgan fingerprint density at radius 2 is 2.00 bits per heavy atom. The Morgan fingerprint density at radius 1 is 1.22 bits per heavy atom. The number of hydrogen-bond donors (Lipinski definition) is 1. The van der Waals surface area contributed by atoms with Crippen molar-refractivity contribution < 1.29 is 14.6 Å². The standard InChI is InChI=1S/C20H22O3/c1-12(2)16-7-8-19(3)20(16)9-6-14(22)11-17(20)15-10-13(21)4-5-18(15)23-19/h4-5,10-11,21H,6-9H2,1-3H3. The summed E-state index contributed by atoms with van der Waals surface area (Å²) in [6, 6.07) is 5.21. The smallest absolute Gasteiger partial charge is 0.156 e. The SMILES string of the molecule is CC(C)=C1CCC2(C)Oc3ccc(O)cc3C3=CC(=O)CCC312. The summed E-state index contributed by atoms with van der Waals surface area (Å²) in [6.45, 7) is 6.49. The lowest BCUT2D eigenvalue weighted by atomic mass is 9.58. The monoisotopic (exact) mass is 310 g/mol. The molecule has 1 aromatic rings. The van der Waals surface area contributed by atoms with Crippen LogP contribution in [0, 0.1) is 5.41 Å². The largest absolute Gasteiger partial charge is 0.508 e. The van der Waals surface area contributed by atoms with Crippen molar-refractivity contribution in [3.05, 3.63) is 41.0 Å². The summed E-state index contributed by atoms with van der Waals surface area (Å²) in [6.07, 6.45) is 5.12. The number of carbonyl (C=O) groups excluding carboxylic acids is 1. The molecule has 0 amide bonds. The van der Waals surface area contributed by atoms with Crippen molar-refractivity contribution in [1.29, 1.82) is 0 Å². The van der Waals surface area contributed by atoms with Crippen LogP contribution >= 0.6 is 0 Å². The van der Waals surface area contributed by atoms with Gasteiger partial charge in [0.1, 0.15) is 17.1 Å². The summed E-state index contributed by atoms with van der Waals surface area (Å²) in [5, 5.41) is 9.94. The molecule has 0 bridgehead atoms. The van der Waals surface area contributed by atoms with E-state index >= 15 is 0 Å². The normalized spacial score (nSPS) is 31.7. The lowest BCUT2D eigenvalue weighted by Crippen LogP contribution is -2.52. The molecular formula is C20H22O3. The molecule has 1 heterocycles. The van der Waals surface area contributed by atoms with E-state index in [0.29, 0.717) is 6.42 Å². The molecule has 3 heteroatoms. The van der Waals surface area contributed by atoms with Crippen LogP contribution in [0.2, 0.25) is 0 Å². The summed E-state index contributed by atoms with van der Waals surface area (Å²) in [7, 11) is 0. The minimum absolute atomic E-state index is 0.171. The number of rotatable bonds is 0. The molecule has 0 aromatic heterocycles. The van der Waals surface area contributed by atoms with Gasteiger partial charge in [-0.2, -0.15) is 0 Å². The number of aromatic hydroxyl groups is 1. The molecule has 3 nitrogen and oxygen atoms in total. The number of benzene rings is 1. The highest BCUT2D eigenvalue weighted by molar-refractivity contribution is 6.02. The number of ether oxygens (including phenoxy) is 1. The van der Waals surface area contributed by atoms with Crippen molar-refractivity contribution in [3.63, 3.8) is 0 Å². The highest BCUT2D eigenvalue weighted by Crippen LogP contribution is 2.66. The number of fused-ring (bicyclic) bond motifs is 2. The van der Waals surface area contributed by atoms with Crippen LogP contribution in [0.15, 0.2) is 35.4 Å². The Labute approximate surface area is 136 Å². The van der Waals surface area contributed by atoms with Crippen molar-refractivity contribution in [2.24, 2.45) is 5.41 Å². The van der Waals surface area contributed by atoms with Crippen LogP contribution in [0.5, 0.6) is 11.5 Å². The van der Waals surface area contributed by atoms with E-state index in [2.05, 4.69) is 20.8 Å². The maximum Gasteiger partial charge on any atom is 0.156 e. The average molecular weight is 310 g/mol. The molecule has 1 aromatic carbocycles. The first-order valence-electron chi connectivity index (χ1n) is 8.32. The Morgan fingerprint density at radius 3 is 2.74 bits per heavy atom. The first kappa shape index (κ1) is 14.6. The molecule has 1 fully saturated rings. The third-order valence-electron chi connectivity index (χ3n) is 5.97. The second-order valence-electron chi connectivity index (χ2n) is 7.42. The van der Waals surface area contributed by atoms with Gasteiger partial charge < -0.3 is 9.84 Å². The Kier molecular flexibility index (Phi) is 2.85. The van der Waals surface area contributed by atoms with Gasteiger partial charge in [-0.25, -0.2) is 0 Å².